The Morgan fingerprint density at radius 2 is 1.44 bits per heavy atom. The van der Waals surface area contributed by atoms with Gasteiger partial charge in [0, 0.05) is 38.3 Å². The molecule has 0 saturated carbocycles. The van der Waals surface area contributed by atoms with E-state index < -0.39 is 0 Å². The number of nitrogens with zero attached hydrogens (tertiary/aromatic N) is 3. The van der Waals surface area contributed by atoms with E-state index in [9.17, 15) is 5.11 Å². The van der Waals surface area contributed by atoms with Crippen molar-refractivity contribution in [2.45, 2.75) is 45.4 Å². The molecular weight excluding hydrogens is 794 g/mol. The van der Waals surface area contributed by atoms with E-state index in [-0.39, 0.29) is 37.6 Å². The molecule has 50 heavy (non-hydrogen) atoms. The van der Waals surface area contributed by atoms with Crippen LogP contribution < -0.4 is 4.90 Å². The van der Waals surface area contributed by atoms with Gasteiger partial charge >= 0.3 is 0 Å². The van der Waals surface area contributed by atoms with Gasteiger partial charge in [-0.05, 0) is 85.9 Å². The van der Waals surface area contributed by atoms with E-state index in [0.29, 0.717) is 5.52 Å². The number of anilines is 3. The molecule has 1 N–H and O–H groups in total. The number of benzene rings is 5. The number of hydrogen-bond acceptors (Lipinski definition) is 4. The molecule has 0 aliphatic carbocycles. The first-order valence-corrected chi connectivity index (χ1v) is 16.8. The average Bonchev–Trinajstić information content (AvgIpc) is 3.12. The monoisotopic (exact) mass is 831 g/mol. The molecule has 0 fully saturated rings. The van der Waals surface area contributed by atoms with Crippen molar-refractivity contribution in [2.75, 3.05) is 4.90 Å². The van der Waals surface area contributed by atoms with Crippen LogP contribution in [0, 0.1) is 6.07 Å². The van der Waals surface area contributed by atoms with Crippen molar-refractivity contribution in [2.24, 2.45) is 0 Å². The predicted octanol–water partition coefficient (Wildman–Crippen LogP) is 11.5. The Bertz CT molecular complexity index is 2360. The van der Waals surface area contributed by atoms with Gasteiger partial charge in [0.15, 0.2) is 0 Å². The number of fused-ring (bicyclic) bond motifs is 3. The fourth-order valence-electron chi connectivity index (χ4n) is 7.12. The van der Waals surface area contributed by atoms with Crippen LogP contribution in [0.3, 0.4) is 0 Å². The minimum atomic E-state index is -0.263. The summed E-state index contributed by atoms with van der Waals surface area (Å²) in [5.74, 6) is 0.980. The minimum Gasteiger partial charge on any atom is -0.506 e. The number of rotatable bonds is 4. The molecule has 0 saturated heterocycles. The molecule has 0 amide bonds. The van der Waals surface area contributed by atoms with Crippen molar-refractivity contribution in [3.8, 4) is 39.3 Å². The number of aromatic hydroxyl groups is 1. The third-order valence-electron chi connectivity index (χ3n) is 9.90. The summed E-state index contributed by atoms with van der Waals surface area (Å²) < 4.78 is 0. The summed E-state index contributed by atoms with van der Waals surface area (Å²) >= 11 is 0. The molecule has 0 atom stereocenters. The number of phenolic OH excluding ortho intramolecular Hbond substituents is 1. The maximum atomic E-state index is 11.1. The molecule has 5 aromatic carbocycles. The second-order valence-corrected chi connectivity index (χ2v) is 14.4. The van der Waals surface area contributed by atoms with Crippen LogP contribution in [-0.4, -0.2) is 15.1 Å². The van der Waals surface area contributed by atoms with Crippen molar-refractivity contribution in [3.05, 3.63) is 156 Å². The molecule has 0 radical (unpaired) electrons. The molecule has 8 rings (SSSR count). The van der Waals surface area contributed by atoms with E-state index in [4.69, 9.17) is 9.97 Å². The van der Waals surface area contributed by atoms with Gasteiger partial charge < -0.3 is 10.0 Å². The molecule has 1 aliphatic rings. The Balaban J connectivity index is 0.00000392. The van der Waals surface area contributed by atoms with Crippen LogP contribution in [0.1, 0.15) is 51.3 Å². The first-order chi connectivity index (χ1) is 23.6. The minimum absolute atomic E-state index is 0. The number of para-hydroxylation sites is 1. The molecule has 250 valence electrons. The fraction of sp³-hybridized carbons (Fsp3) is 0.156. The van der Waals surface area contributed by atoms with Gasteiger partial charge in [0.2, 0.25) is 0 Å². The van der Waals surface area contributed by atoms with Crippen LogP contribution in [0.25, 0.3) is 44.4 Å². The molecule has 1 aliphatic heterocycles. The molecule has 0 bridgehead atoms. The van der Waals surface area contributed by atoms with Gasteiger partial charge in [-0.2, -0.15) is 0 Å². The van der Waals surface area contributed by atoms with Crippen molar-refractivity contribution in [1.29, 1.82) is 0 Å². The third kappa shape index (κ3) is 5.72. The molecule has 2 aromatic heterocycles. The maximum Gasteiger partial charge on any atom is 0.140 e. The number of phenols is 1. The standard InChI is InChI=1S/C45H38N3O.Pt/c1-44(2,3)33-18-15-30(16-19-33)34-21-24-41(49)43-35(34)20-23-38(47-43)32-17-22-37-40(27-32)48(39-14-10-9-13-36(39)45(37,4)5)42-28-31(25-26-46-42)29-11-7-6-8-12-29;/h6-26,28,49H,1-5H3;/q-1;. The summed E-state index contributed by atoms with van der Waals surface area (Å²) in [5.41, 5.74) is 12.0. The molecule has 7 aromatic rings. The van der Waals surface area contributed by atoms with Crippen molar-refractivity contribution >= 4 is 28.1 Å². The summed E-state index contributed by atoms with van der Waals surface area (Å²) in [5, 5.41) is 12.0. The average molecular weight is 832 g/mol. The van der Waals surface area contributed by atoms with Crippen LogP contribution in [0.5, 0.6) is 5.75 Å². The van der Waals surface area contributed by atoms with Gasteiger partial charge in [0.25, 0.3) is 0 Å². The first kappa shape index (κ1) is 33.4. The quantitative estimate of drug-likeness (QED) is 0.180. The smallest absolute Gasteiger partial charge is 0.140 e. The molecule has 3 heterocycles. The molecular formula is C45H38N3OPt-. The summed E-state index contributed by atoms with van der Waals surface area (Å²) in [7, 11) is 0. The zero-order valence-electron chi connectivity index (χ0n) is 28.8. The third-order valence-corrected chi connectivity index (χ3v) is 9.90. The van der Waals surface area contributed by atoms with Crippen LogP contribution in [-0.2, 0) is 31.9 Å². The zero-order chi connectivity index (χ0) is 33.9. The van der Waals surface area contributed by atoms with Crippen molar-refractivity contribution in [3.63, 3.8) is 0 Å². The number of hydrogen-bond donors (Lipinski definition) is 1. The van der Waals surface area contributed by atoms with Crippen LogP contribution in [0.4, 0.5) is 17.2 Å². The van der Waals surface area contributed by atoms with E-state index in [1.165, 1.54) is 11.1 Å². The Kier molecular flexibility index (Phi) is 8.48. The summed E-state index contributed by atoms with van der Waals surface area (Å²) in [6, 6.07) is 47.8. The van der Waals surface area contributed by atoms with Crippen LogP contribution >= 0.6 is 0 Å². The van der Waals surface area contributed by atoms with Gasteiger partial charge in [-0.15, -0.1) is 23.8 Å². The second-order valence-electron chi connectivity index (χ2n) is 14.4. The normalized spacial score (nSPS) is 13.3. The van der Waals surface area contributed by atoms with Crippen LogP contribution in [0.15, 0.2) is 134 Å². The molecule has 0 spiro atoms. The Morgan fingerprint density at radius 1 is 0.700 bits per heavy atom. The van der Waals surface area contributed by atoms with Gasteiger partial charge in [-0.1, -0.05) is 125 Å². The van der Waals surface area contributed by atoms with Gasteiger partial charge in [-0.3, -0.25) is 4.98 Å². The van der Waals surface area contributed by atoms with E-state index >= 15 is 0 Å². The first-order valence-electron chi connectivity index (χ1n) is 16.8. The van der Waals surface area contributed by atoms with Gasteiger partial charge in [0.1, 0.15) is 17.1 Å². The Hall–Kier alpha value is -5.05. The largest absolute Gasteiger partial charge is 0.506 e. The summed E-state index contributed by atoms with van der Waals surface area (Å²) in [6.07, 6.45) is 1.88. The molecule has 5 heteroatoms. The Morgan fingerprint density at radius 3 is 2.20 bits per heavy atom. The van der Waals surface area contributed by atoms with E-state index in [2.05, 4.69) is 149 Å². The van der Waals surface area contributed by atoms with Crippen molar-refractivity contribution < 1.29 is 26.2 Å². The van der Waals surface area contributed by atoms with E-state index in [0.717, 1.165) is 61.7 Å². The second kappa shape index (κ2) is 12.7. The van der Waals surface area contributed by atoms with E-state index in [1.807, 2.05) is 24.4 Å². The predicted molar refractivity (Wildman–Crippen MR) is 202 cm³/mol. The zero-order valence-corrected chi connectivity index (χ0v) is 31.1. The van der Waals surface area contributed by atoms with Gasteiger partial charge in [-0.25, -0.2) is 4.98 Å². The van der Waals surface area contributed by atoms with E-state index in [1.54, 1.807) is 6.07 Å². The van der Waals surface area contributed by atoms with Crippen molar-refractivity contribution in [1.82, 2.24) is 9.97 Å². The SMILES string of the molecule is CC(C)(C)c1ccc(-c2ccc(O)c3nc(-c4[c-]c5c(cc4)C(C)(C)c4ccccc4N5c4cc(-c5ccccc5)ccn4)ccc23)cc1.[Pt]. The Labute approximate surface area is 308 Å². The maximum absolute atomic E-state index is 11.1. The van der Waals surface area contributed by atoms with Crippen LogP contribution in [0.2, 0.25) is 0 Å². The molecule has 0 unspecified atom stereocenters. The summed E-state index contributed by atoms with van der Waals surface area (Å²) in [4.78, 5) is 12.2. The topological polar surface area (TPSA) is 49.3 Å². The fourth-order valence-corrected chi connectivity index (χ4v) is 7.12. The number of aromatic nitrogens is 2. The summed E-state index contributed by atoms with van der Waals surface area (Å²) in [6.45, 7) is 11.2. The van der Waals surface area contributed by atoms with Gasteiger partial charge in [0.05, 0.1) is 0 Å². The molecule has 4 nitrogen and oxygen atoms in total. The number of pyridine rings is 2.